The van der Waals surface area contributed by atoms with Gasteiger partial charge in [0, 0.05) is 73.2 Å². The first-order valence-electron chi connectivity index (χ1n) is 12.0. The molecule has 1 fully saturated rings. The van der Waals surface area contributed by atoms with Gasteiger partial charge < -0.3 is 10.2 Å². The molecule has 1 saturated heterocycles. The molecule has 0 bridgehead atoms. The zero-order valence-corrected chi connectivity index (χ0v) is 21.3. The fraction of sp³-hybridized carbons (Fsp3) is 0.259. The summed E-state index contributed by atoms with van der Waals surface area (Å²) in [6, 6.07) is 8.53. The van der Waals surface area contributed by atoms with Crippen molar-refractivity contribution in [1.82, 2.24) is 29.6 Å². The van der Waals surface area contributed by atoms with Crippen LogP contribution in [0.3, 0.4) is 0 Å². The molecule has 0 saturated carbocycles. The van der Waals surface area contributed by atoms with Crippen LogP contribution in [0, 0.1) is 6.92 Å². The Morgan fingerprint density at radius 3 is 2.32 bits per heavy atom. The third-order valence-electron chi connectivity index (χ3n) is 6.58. The van der Waals surface area contributed by atoms with Gasteiger partial charge in [-0.05, 0) is 49.6 Å². The van der Waals surface area contributed by atoms with Crippen LogP contribution in [0.5, 0.6) is 0 Å². The van der Waals surface area contributed by atoms with Gasteiger partial charge in [-0.2, -0.15) is 5.10 Å². The quantitative estimate of drug-likeness (QED) is 0.392. The largest absolute Gasteiger partial charge is 0.339 e. The van der Waals surface area contributed by atoms with Crippen LogP contribution in [-0.2, 0) is 7.05 Å². The predicted octanol–water partition coefficient (Wildman–Crippen LogP) is 4.51. The van der Waals surface area contributed by atoms with Crippen LogP contribution >= 0.6 is 11.6 Å². The number of hydrogen-bond donors (Lipinski definition) is 1. The number of carbonyl (C=O) groups excluding carboxylic acids is 2. The first kappa shape index (κ1) is 24.6. The molecule has 9 nitrogen and oxygen atoms in total. The lowest BCUT2D eigenvalue weighted by Gasteiger charge is -2.31. The lowest BCUT2D eigenvalue weighted by atomic mass is 9.95. The number of anilines is 1. The van der Waals surface area contributed by atoms with E-state index in [-0.39, 0.29) is 17.7 Å². The number of hydrogen-bond acceptors (Lipinski definition) is 6. The van der Waals surface area contributed by atoms with Crippen molar-refractivity contribution in [3.05, 3.63) is 89.0 Å². The van der Waals surface area contributed by atoms with Gasteiger partial charge in [0.05, 0.1) is 11.8 Å². The molecule has 37 heavy (non-hydrogen) atoms. The molecule has 5 rings (SSSR count). The molecule has 0 spiro atoms. The van der Waals surface area contributed by atoms with Gasteiger partial charge in [0.2, 0.25) is 0 Å². The fourth-order valence-electron chi connectivity index (χ4n) is 4.39. The molecule has 0 aliphatic carbocycles. The average molecular weight is 516 g/mol. The van der Waals surface area contributed by atoms with Crippen LogP contribution in [0.15, 0.2) is 61.3 Å². The van der Waals surface area contributed by atoms with E-state index < -0.39 is 0 Å². The molecule has 10 heteroatoms. The van der Waals surface area contributed by atoms with E-state index in [1.807, 2.05) is 43.5 Å². The van der Waals surface area contributed by atoms with E-state index in [1.165, 1.54) is 6.20 Å². The number of carbonyl (C=O) groups is 2. The summed E-state index contributed by atoms with van der Waals surface area (Å²) >= 11 is 5.81. The number of likely N-dealkylation sites (tertiary alicyclic amines) is 1. The number of nitrogens with one attached hydrogen (secondary N) is 1. The Labute approximate surface area is 219 Å². The average Bonchev–Trinajstić information content (AvgIpc) is 3.36. The second-order valence-corrected chi connectivity index (χ2v) is 9.54. The number of aromatic nitrogens is 5. The lowest BCUT2D eigenvalue weighted by molar-refractivity contribution is 0.0711. The monoisotopic (exact) mass is 515 g/mol. The molecule has 0 atom stereocenters. The number of nitrogens with zero attached hydrogens (tertiary/aromatic N) is 6. The second kappa shape index (κ2) is 10.5. The van der Waals surface area contributed by atoms with Gasteiger partial charge in [-0.3, -0.25) is 14.3 Å². The Hall–Kier alpha value is -4.11. The zero-order valence-electron chi connectivity index (χ0n) is 20.6. The molecule has 4 heterocycles. The molecule has 1 aromatic carbocycles. The summed E-state index contributed by atoms with van der Waals surface area (Å²) in [4.78, 5) is 40.9. The third-order valence-corrected chi connectivity index (χ3v) is 6.80. The second-order valence-electron chi connectivity index (χ2n) is 9.15. The van der Waals surface area contributed by atoms with Gasteiger partial charge in [-0.25, -0.2) is 15.0 Å². The molecule has 3 aromatic heterocycles. The van der Waals surface area contributed by atoms with Crippen LogP contribution in [0.4, 0.5) is 5.69 Å². The lowest BCUT2D eigenvalue weighted by Crippen LogP contribution is -2.38. The van der Waals surface area contributed by atoms with E-state index in [4.69, 9.17) is 11.6 Å². The normalized spacial score (nSPS) is 14.0. The highest BCUT2D eigenvalue weighted by atomic mass is 35.5. The van der Waals surface area contributed by atoms with Gasteiger partial charge in [0.25, 0.3) is 11.8 Å². The molecule has 1 aliphatic rings. The summed E-state index contributed by atoms with van der Waals surface area (Å²) in [6.07, 6.45) is 10.4. The zero-order chi connectivity index (χ0) is 25.9. The van der Waals surface area contributed by atoms with Gasteiger partial charge in [0.15, 0.2) is 0 Å². The minimum absolute atomic E-state index is 0.0602. The highest BCUT2D eigenvalue weighted by Crippen LogP contribution is 2.28. The Morgan fingerprint density at radius 2 is 1.68 bits per heavy atom. The van der Waals surface area contributed by atoms with Crippen molar-refractivity contribution in [3.8, 4) is 11.1 Å². The number of piperidine rings is 1. The molecule has 0 radical (unpaired) electrons. The van der Waals surface area contributed by atoms with Crippen molar-refractivity contribution in [2.75, 3.05) is 18.4 Å². The first-order valence-corrected chi connectivity index (χ1v) is 12.4. The van der Waals surface area contributed by atoms with Crippen LogP contribution in [0.2, 0.25) is 5.15 Å². The maximum Gasteiger partial charge on any atom is 0.257 e. The number of amides is 2. The SMILES string of the molecule is Cc1ccc(C(=O)N2CCC(c3ncc(-c4cnn(C)c4)cn3)CC2)cc1NC(=O)c1ccc(Cl)nc1. The van der Waals surface area contributed by atoms with Gasteiger partial charge in [-0.15, -0.1) is 0 Å². The molecule has 1 aliphatic heterocycles. The van der Waals surface area contributed by atoms with Crippen LogP contribution < -0.4 is 5.32 Å². The smallest absolute Gasteiger partial charge is 0.257 e. The molecule has 188 valence electrons. The van der Waals surface area contributed by atoms with E-state index >= 15 is 0 Å². The van der Waals surface area contributed by atoms with E-state index in [0.29, 0.717) is 35.1 Å². The molecule has 2 amide bonds. The number of pyridine rings is 1. The van der Waals surface area contributed by atoms with E-state index in [0.717, 1.165) is 35.4 Å². The first-order chi connectivity index (χ1) is 17.9. The Morgan fingerprint density at radius 1 is 0.946 bits per heavy atom. The van der Waals surface area contributed by atoms with Crippen molar-refractivity contribution in [2.45, 2.75) is 25.7 Å². The van der Waals surface area contributed by atoms with Crippen LogP contribution in [-0.4, -0.2) is 54.5 Å². The highest BCUT2D eigenvalue weighted by Gasteiger charge is 2.26. The highest BCUT2D eigenvalue weighted by molar-refractivity contribution is 6.29. The Bertz CT molecular complexity index is 1430. The molecular formula is C27H26ClN7O2. The fourth-order valence-corrected chi connectivity index (χ4v) is 4.50. The van der Waals surface area contributed by atoms with Crippen molar-refractivity contribution in [1.29, 1.82) is 0 Å². The van der Waals surface area contributed by atoms with Gasteiger partial charge in [-0.1, -0.05) is 17.7 Å². The minimum Gasteiger partial charge on any atom is -0.339 e. The maximum absolute atomic E-state index is 13.3. The minimum atomic E-state index is -0.313. The van der Waals surface area contributed by atoms with Gasteiger partial charge in [0.1, 0.15) is 11.0 Å². The summed E-state index contributed by atoms with van der Waals surface area (Å²) in [5, 5.41) is 7.38. The maximum atomic E-state index is 13.3. The molecule has 1 N–H and O–H groups in total. The van der Waals surface area contributed by atoms with E-state index in [9.17, 15) is 9.59 Å². The van der Waals surface area contributed by atoms with E-state index in [2.05, 4.69) is 25.4 Å². The molecule has 4 aromatic rings. The number of benzene rings is 1. The topological polar surface area (TPSA) is 106 Å². The van der Waals surface area contributed by atoms with Crippen molar-refractivity contribution in [2.24, 2.45) is 7.05 Å². The number of halogens is 1. The summed E-state index contributed by atoms with van der Waals surface area (Å²) in [5.41, 5.74) is 4.27. The summed E-state index contributed by atoms with van der Waals surface area (Å²) in [5.74, 6) is 0.631. The predicted molar refractivity (Wildman–Crippen MR) is 140 cm³/mol. The van der Waals surface area contributed by atoms with E-state index in [1.54, 1.807) is 35.1 Å². The van der Waals surface area contributed by atoms with Crippen LogP contribution in [0.25, 0.3) is 11.1 Å². The van der Waals surface area contributed by atoms with Crippen molar-refractivity contribution in [3.63, 3.8) is 0 Å². The molecular weight excluding hydrogens is 490 g/mol. The van der Waals surface area contributed by atoms with Gasteiger partial charge >= 0.3 is 0 Å². The summed E-state index contributed by atoms with van der Waals surface area (Å²) in [6.45, 7) is 3.11. The standard InChI is InChI=1S/C27H26ClN7O2/c1-17-3-4-19(11-23(17)33-26(36)20-5-6-24(28)29-12-20)27(37)35-9-7-18(8-10-35)25-30-13-21(14-31-25)22-15-32-34(2)16-22/h3-6,11-16,18H,7-10H2,1-2H3,(H,33,36). The summed E-state index contributed by atoms with van der Waals surface area (Å²) < 4.78 is 1.75. The van der Waals surface area contributed by atoms with Crippen molar-refractivity contribution >= 4 is 29.1 Å². The number of rotatable bonds is 5. The third kappa shape index (κ3) is 5.51. The Balaban J connectivity index is 1.21. The van der Waals surface area contributed by atoms with Crippen LogP contribution in [0.1, 0.15) is 50.9 Å². The molecule has 0 unspecified atom stereocenters. The van der Waals surface area contributed by atoms with Crippen molar-refractivity contribution < 1.29 is 9.59 Å². The Kier molecular flexibility index (Phi) is 6.96. The number of aryl methyl sites for hydroxylation is 2. The summed E-state index contributed by atoms with van der Waals surface area (Å²) in [7, 11) is 1.88.